The summed E-state index contributed by atoms with van der Waals surface area (Å²) in [6, 6.07) is 12.9. The number of Topliss-reactive ketones (excluding diaryl/α,β-unsaturated/α-hetero) is 1. The molecule has 2 aliphatic carbocycles. The minimum atomic E-state index is -1.39. The van der Waals surface area contributed by atoms with Crippen LogP contribution in [0.25, 0.3) is 10.9 Å². The number of likely N-dealkylation sites (tertiary alicyclic amines) is 1. The van der Waals surface area contributed by atoms with Crippen molar-refractivity contribution < 1.29 is 29.1 Å². The lowest BCUT2D eigenvalue weighted by Crippen LogP contribution is -2.57. The number of para-hydroxylation sites is 1. The number of hydrogen-bond donors (Lipinski definition) is 3. The van der Waals surface area contributed by atoms with Crippen molar-refractivity contribution in [3.63, 3.8) is 0 Å². The summed E-state index contributed by atoms with van der Waals surface area (Å²) in [7, 11) is 1.65. The summed E-state index contributed by atoms with van der Waals surface area (Å²) in [5.74, 6) is -1.46. The molecule has 47 heavy (non-hydrogen) atoms. The molecule has 7 rings (SSSR count). The van der Waals surface area contributed by atoms with Crippen LogP contribution in [0, 0.1) is 23.2 Å². The van der Waals surface area contributed by atoms with E-state index >= 15 is 0 Å². The first kappa shape index (κ1) is 31.9. The number of benzene rings is 2. The average Bonchev–Trinajstić information content (AvgIpc) is 3.70. The van der Waals surface area contributed by atoms with Crippen molar-refractivity contribution in [1.82, 2.24) is 20.1 Å². The molecule has 12 heteroatoms. The number of aliphatic hydroxyl groups excluding tert-OH is 1. The maximum atomic E-state index is 14.4. The van der Waals surface area contributed by atoms with E-state index in [-0.39, 0.29) is 66.9 Å². The predicted octanol–water partition coefficient (Wildman–Crippen LogP) is 3.34. The van der Waals surface area contributed by atoms with Gasteiger partial charge in [-0.25, -0.2) is 0 Å². The van der Waals surface area contributed by atoms with Crippen molar-refractivity contribution in [3.05, 3.63) is 70.9 Å². The van der Waals surface area contributed by atoms with Gasteiger partial charge < -0.3 is 25.2 Å². The monoisotopic (exact) mass is 676 g/mol. The molecule has 10 nitrogen and oxygen atoms in total. The van der Waals surface area contributed by atoms with E-state index in [1.165, 1.54) is 9.80 Å². The molecule has 246 valence electrons. The summed E-state index contributed by atoms with van der Waals surface area (Å²) in [5.41, 5.74) is 1.09. The Labute approximate surface area is 281 Å². The molecule has 3 aromatic rings. The summed E-state index contributed by atoms with van der Waals surface area (Å²) in [6.07, 6.45) is 2.14. The average molecular weight is 677 g/mol. The molecule has 4 fully saturated rings. The number of amides is 3. The van der Waals surface area contributed by atoms with Crippen molar-refractivity contribution >= 4 is 62.9 Å². The van der Waals surface area contributed by atoms with Crippen LogP contribution in [0.3, 0.4) is 0 Å². The predicted molar refractivity (Wildman–Crippen MR) is 177 cm³/mol. The van der Waals surface area contributed by atoms with Gasteiger partial charge in [0.1, 0.15) is 23.3 Å². The zero-order valence-electron chi connectivity index (χ0n) is 26.0. The van der Waals surface area contributed by atoms with E-state index in [2.05, 4.69) is 10.3 Å². The zero-order chi connectivity index (χ0) is 33.0. The Hall–Kier alpha value is -3.67. The van der Waals surface area contributed by atoms with Crippen LogP contribution in [0.5, 0.6) is 0 Å². The lowest BCUT2D eigenvalue weighted by atomic mass is 9.68. The summed E-state index contributed by atoms with van der Waals surface area (Å²) in [6.45, 7) is 0.118. The largest absolute Gasteiger partial charge is 0.391 e. The van der Waals surface area contributed by atoms with Gasteiger partial charge in [-0.3, -0.25) is 24.0 Å². The number of aromatic amines is 1. The third-order valence-electron chi connectivity index (χ3n) is 10.6. The molecule has 2 saturated heterocycles. The fraction of sp³-hybridized carbons (Fsp3) is 0.457. The number of β-amino-alcohol motifs (C(OH)–C–C–N with tert-alkyl or cyclic N) is 1. The quantitative estimate of drug-likeness (QED) is 0.311. The topological polar surface area (TPSA) is 140 Å². The highest BCUT2D eigenvalue weighted by atomic mass is 35.5. The zero-order valence-corrected chi connectivity index (χ0v) is 27.6. The second kappa shape index (κ2) is 12.4. The summed E-state index contributed by atoms with van der Waals surface area (Å²) in [4.78, 5) is 75.2. The minimum Gasteiger partial charge on any atom is -0.391 e. The normalized spacial score (nSPS) is 28.8. The van der Waals surface area contributed by atoms with E-state index in [0.29, 0.717) is 23.6 Å². The van der Waals surface area contributed by atoms with Crippen LogP contribution in [-0.4, -0.2) is 86.0 Å². The Morgan fingerprint density at radius 2 is 1.87 bits per heavy atom. The van der Waals surface area contributed by atoms with Crippen LogP contribution in [0.1, 0.15) is 36.8 Å². The molecule has 2 saturated carbocycles. The molecule has 3 heterocycles. The van der Waals surface area contributed by atoms with Crippen LogP contribution in [0.15, 0.2) is 54.7 Å². The highest BCUT2D eigenvalue weighted by molar-refractivity contribution is 8.13. The van der Waals surface area contributed by atoms with Gasteiger partial charge in [-0.15, -0.1) is 0 Å². The summed E-state index contributed by atoms with van der Waals surface area (Å²) in [5, 5.41) is 14.9. The number of aliphatic hydroxyl groups is 1. The van der Waals surface area contributed by atoms with Crippen molar-refractivity contribution in [3.8, 4) is 0 Å². The second-order valence-electron chi connectivity index (χ2n) is 13.6. The molecular weight excluding hydrogens is 640 g/mol. The number of rotatable bonds is 8. The number of carbonyl (C=O) groups excluding carboxylic acids is 5. The van der Waals surface area contributed by atoms with Crippen LogP contribution < -0.4 is 5.32 Å². The third-order valence-corrected chi connectivity index (χ3v) is 12.2. The number of nitrogens with zero attached hydrogens (tertiary/aromatic N) is 2. The maximum absolute atomic E-state index is 14.4. The Kier molecular flexibility index (Phi) is 8.42. The molecular formula is C35H37ClN4O6S. The molecule has 2 aromatic carbocycles. The standard InChI is InChI=1S/C35H37ClN4O6S/c1-39(16-19-6-2-4-8-26(19)36)32(44)28(11-22-15-37-27-9-5-3-7-24(22)27)38-31(43)29-12-23(41)17-40(29)33(45)35-13-20-10-21(14-35)30(42)25(20)18-47-34(35)46/h2-9,15,20-21,23,25,28-29,37,41H,10-14,16-18H2,1H3,(H,38,43)/t20?,21?,23-,25?,28?,29?,35?/m1/s1. The summed E-state index contributed by atoms with van der Waals surface area (Å²) < 4.78 is 0. The molecule has 3 amide bonds. The van der Waals surface area contributed by atoms with Gasteiger partial charge in [-0.05, 0) is 48.4 Å². The van der Waals surface area contributed by atoms with Crippen molar-refractivity contribution in [2.45, 2.75) is 56.8 Å². The number of thioether (sulfide) groups is 1. The van der Waals surface area contributed by atoms with Crippen molar-refractivity contribution in [2.24, 2.45) is 23.2 Å². The van der Waals surface area contributed by atoms with E-state index < -0.39 is 35.4 Å². The Balaban J connectivity index is 1.15. The SMILES string of the molecule is CN(Cc1ccccc1Cl)C(=O)C(Cc1c[nH]c2ccccc12)NC(=O)C1C[C@@H](O)CN1C(=O)C12CC3CC(C1)C(CSC2=O)C3=O. The fourth-order valence-electron chi connectivity index (χ4n) is 8.27. The molecule has 1 aromatic heterocycles. The van der Waals surface area contributed by atoms with E-state index in [1.807, 2.05) is 48.7 Å². The number of ketones is 1. The van der Waals surface area contributed by atoms with Crippen LogP contribution in [-0.2, 0) is 36.9 Å². The molecule has 3 bridgehead atoms. The first-order valence-corrected chi connectivity index (χ1v) is 17.5. The van der Waals surface area contributed by atoms with Gasteiger partial charge in [0, 0.05) is 72.7 Å². The number of aromatic nitrogens is 1. The van der Waals surface area contributed by atoms with Gasteiger partial charge in [-0.2, -0.15) is 0 Å². The number of nitrogens with one attached hydrogen (secondary N) is 2. The molecule has 0 radical (unpaired) electrons. The molecule has 7 atom stereocenters. The Morgan fingerprint density at radius 1 is 1.11 bits per heavy atom. The van der Waals surface area contributed by atoms with Gasteiger partial charge in [0.25, 0.3) is 0 Å². The van der Waals surface area contributed by atoms with Crippen LogP contribution in [0.4, 0.5) is 0 Å². The van der Waals surface area contributed by atoms with Crippen molar-refractivity contribution in [1.29, 1.82) is 0 Å². The summed E-state index contributed by atoms with van der Waals surface area (Å²) >= 11 is 7.44. The Morgan fingerprint density at radius 3 is 2.68 bits per heavy atom. The minimum absolute atomic E-state index is 0.0210. The van der Waals surface area contributed by atoms with E-state index in [9.17, 15) is 29.1 Å². The van der Waals surface area contributed by atoms with Gasteiger partial charge in [-0.1, -0.05) is 59.8 Å². The van der Waals surface area contributed by atoms with Gasteiger partial charge in [0.15, 0.2) is 0 Å². The smallest absolute Gasteiger partial charge is 0.245 e. The number of halogens is 1. The first-order chi connectivity index (χ1) is 22.6. The lowest BCUT2D eigenvalue weighted by Gasteiger charge is -2.40. The van der Waals surface area contributed by atoms with Crippen molar-refractivity contribution in [2.75, 3.05) is 19.3 Å². The maximum Gasteiger partial charge on any atom is 0.245 e. The number of hydrogen-bond acceptors (Lipinski definition) is 7. The fourth-order valence-corrected chi connectivity index (χ4v) is 9.76. The molecule has 3 N–H and O–H groups in total. The highest BCUT2D eigenvalue weighted by Gasteiger charge is 2.63. The molecule has 6 unspecified atom stereocenters. The van der Waals surface area contributed by atoms with E-state index in [4.69, 9.17) is 11.6 Å². The molecule has 4 aliphatic rings. The van der Waals surface area contributed by atoms with E-state index in [0.717, 1.165) is 33.8 Å². The molecule has 2 aliphatic heterocycles. The Bertz CT molecular complexity index is 1780. The molecule has 0 spiro atoms. The third kappa shape index (κ3) is 5.66. The van der Waals surface area contributed by atoms with Gasteiger partial charge in [0.05, 0.1) is 6.10 Å². The van der Waals surface area contributed by atoms with Gasteiger partial charge in [0.2, 0.25) is 22.8 Å². The van der Waals surface area contributed by atoms with Gasteiger partial charge >= 0.3 is 0 Å². The highest BCUT2D eigenvalue weighted by Crippen LogP contribution is 2.57. The first-order valence-electron chi connectivity index (χ1n) is 16.1. The van der Waals surface area contributed by atoms with E-state index in [1.54, 1.807) is 13.1 Å². The second-order valence-corrected chi connectivity index (χ2v) is 15.0. The lowest BCUT2D eigenvalue weighted by molar-refractivity contribution is -0.154. The number of carbonyl (C=O) groups is 5. The van der Waals surface area contributed by atoms with Crippen LogP contribution >= 0.6 is 23.4 Å². The van der Waals surface area contributed by atoms with Crippen LogP contribution in [0.2, 0.25) is 5.02 Å². The number of fused-ring (bicyclic) bond motifs is 3. The number of likely N-dealkylation sites (N-methyl/N-ethyl adjacent to an activating group) is 1. The number of H-pyrrole nitrogens is 1.